The highest BCUT2D eigenvalue weighted by Crippen LogP contribution is 2.22. The van der Waals surface area contributed by atoms with Crippen molar-refractivity contribution in [3.05, 3.63) is 84.4 Å². The summed E-state index contributed by atoms with van der Waals surface area (Å²) in [6.45, 7) is -0.444. The van der Waals surface area contributed by atoms with Gasteiger partial charge in [-0.15, -0.1) is 0 Å². The number of carbonyl (C=O) groups excluding carboxylic acids is 1. The Morgan fingerprint density at radius 2 is 1.48 bits per heavy atom. The van der Waals surface area contributed by atoms with Gasteiger partial charge in [0.15, 0.2) is 6.61 Å². The summed E-state index contributed by atoms with van der Waals surface area (Å²) in [6, 6.07) is 22.7. The highest BCUT2D eigenvalue weighted by atomic mass is 16.5. The van der Waals surface area contributed by atoms with E-state index in [0.717, 1.165) is 0 Å². The second kappa shape index (κ2) is 8.53. The first-order valence-electron chi connectivity index (χ1n) is 8.19. The number of ether oxygens (including phenoxy) is 2. The lowest BCUT2D eigenvalue weighted by molar-refractivity contribution is -0.139. The van der Waals surface area contributed by atoms with E-state index in [1.165, 1.54) is 0 Å². The molecule has 0 aliphatic heterocycles. The number of carboxylic acids is 1. The van der Waals surface area contributed by atoms with Crippen molar-refractivity contribution in [2.75, 3.05) is 11.9 Å². The monoisotopic (exact) mass is 363 g/mol. The summed E-state index contributed by atoms with van der Waals surface area (Å²) in [4.78, 5) is 22.9. The number of amides is 1. The van der Waals surface area contributed by atoms with Crippen molar-refractivity contribution in [1.82, 2.24) is 0 Å². The van der Waals surface area contributed by atoms with Gasteiger partial charge in [-0.05, 0) is 48.5 Å². The zero-order valence-corrected chi connectivity index (χ0v) is 14.3. The lowest BCUT2D eigenvalue weighted by Gasteiger charge is -2.09. The van der Waals surface area contributed by atoms with Crippen LogP contribution in [0.3, 0.4) is 0 Å². The molecule has 136 valence electrons. The molecule has 3 aromatic carbocycles. The molecule has 0 aliphatic rings. The van der Waals surface area contributed by atoms with Crippen LogP contribution in [0.5, 0.6) is 17.2 Å². The predicted molar refractivity (Wildman–Crippen MR) is 100 cm³/mol. The maximum atomic E-state index is 12.4. The van der Waals surface area contributed by atoms with Gasteiger partial charge in [0, 0.05) is 17.3 Å². The third-order valence-electron chi connectivity index (χ3n) is 3.55. The standard InChI is InChI=1S/C21H17NO5/c23-20(24)14-26-19-8-4-5-16(13-19)22-21(25)15-9-11-18(12-10-15)27-17-6-2-1-3-7-17/h1-13H,14H2,(H,22,25)(H,23,24). The molecule has 0 unspecified atom stereocenters. The molecule has 0 saturated carbocycles. The Hall–Kier alpha value is -3.80. The SMILES string of the molecule is O=C(O)COc1cccc(NC(=O)c2ccc(Oc3ccccc3)cc2)c1. The van der Waals surface area contributed by atoms with Gasteiger partial charge in [-0.3, -0.25) is 4.79 Å². The van der Waals surface area contributed by atoms with Gasteiger partial charge in [0.25, 0.3) is 5.91 Å². The fourth-order valence-corrected chi connectivity index (χ4v) is 2.31. The van der Waals surface area contributed by atoms with Crippen LogP contribution in [-0.2, 0) is 4.79 Å². The highest BCUT2D eigenvalue weighted by molar-refractivity contribution is 6.04. The largest absolute Gasteiger partial charge is 0.482 e. The van der Waals surface area contributed by atoms with Crippen LogP contribution in [0.1, 0.15) is 10.4 Å². The Balaban J connectivity index is 1.62. The number of carboxylic acid groups (broad SMARTS) is 1. The molecule has 0 spiro atoms. The quantitative estimate of drug-likeness (QED) is 0.657. The van der Waals surface area contributed by atoms with Crippen LogP contribution in [-0.4, -0.2) is 23.6 Å². The fraction of sp³-hybridized carbons (Fsp3) is 0.0476. The molecule has 0 heterocycles. The van der Waals surface area contributed by atoms with Crippen LogP contribution in [0, 0.1) is 0 Å². The van der Waals surface area contributed by atoms with E-state index in [1.54, 1.807) is 48.5 Å². The van der Waals surface area contributed by atoms with Crippen molar-refractivity contribution in [1.29, 1.82) is 0 Å². The maximum Gasteiger partial charge on any atom is 0.341 e. The number of anilines is 1. The lowest BCUT2D eigenvalue weighted by atomic mass is 10.2. The number of benzene rings is 3. The van der Waals surface area contributed by atoms with E-state index in [1.807, 2.05) is 30.3 Å². The number of carbonyl (C=O) groups is 2. The molecule has 6 heteroatoms. The number of nitrogens with one attached hydrogen (secondary N) is 1. The Morgan fingerprint density at radius 3 is 2.19 bits per heavy atom. The van der Waals surface area contributed by atoms with Gasteiger partial charge in [0.2, 0.25) is 0 Å². The van der Waals surface area contributed by atoms with E-state index in [9.17, 15) is 9.59 Å². The van der Waals surface area contributed by atoms with E-state index in [0.29, 0.717) is 28.5 Å². The Morgan fingerprint density at radius 1 is 0.815 bits per heavy atom. The number of hydrogen-bond acceptors (Lipinski definition) is 4. The molecule has 0 aliphatic carbocycles. The van der Waals surface area contributed by atoms with Crippen LogP contribution in [0.15, 0.2) is 78.9 Å². The highest BCUT2D eigenvalue weighted by Gasteiger charge is 2.08. The Bertz CT molecular complexity index is 923. The van der Waals surface area contributed by atoms with Gasteiger partial charge in [0.1, 0.15) is 17.2 Å². The van der Waals surface area contributed by atoms with Crippen LogP contribution in [0.25, 0.3) is 0 Å². The normalized spacial score (nSPS) is 10.1. The molecule has 2 N–H and O–H groups in total. The second-order valence-corrected chi connectivity index (χ2v) is 5.60. The van der Waals surface area contributed by atoms with Gasteiger partial charge >= 0.3 is 5.97 Å². The van der Waals surface area contributed by atoms with E-state index < -0.39 is 12.6 Å². The summed E-state index contributed by atoms with van der Waals surface area (Å²) in [6.07, 6.45) is 0. The van der Waals surface area contributed by atoms with Crippen LogP contribution in [0.4, 0.5) is 5.69 Å². The summed E-state index contributed by atoms with van der Waals surface area (Å²) < 4.78 is 10.8. The maximum absolute atomic E-state index is 12.4. The van der Waals surface area contributed by atoms with Crippen molar-refractivity contribution in [2.45, 2.75) is 0 Å². The summed E-state index contributed by atoms with van der Waals surface area (Å²) >= 11 is 0. The lowest BCUT2D eigenvalue weighted by Crippen LogP contribution is -2.12. The zero-order chi connectivity index (χ0) is 19.1. The van der Waals surface area contributed by atoms with Gasteiger partial charge < -0.3 is 19.9 Å². The minimum Gasteiger partial charge on any atom is -0.482 e. The smallest absolute Gasteiger partial charge is 0.341 e. The van der Waals surface area contributed by atoms with Crippen molar-refractivity contribution in [3.8, 4) is 17.2 Å². The minimum absolute atomic E-state index is 0.295. The van der Waals surface area contributed by atoms with E-state index in [-0.39, 0.29) is 5.91 Å². The van der Waals surface area contributed by atoms with Crippen molar-refractivity contribution in [2.24, 2.45) is 0 Å². The Kier molecular flexibility index (Phi) is 5.69. The molecule has 1 amide bonds. The van der Waals surface area contributed by atoms with E-state index in [4.69, 9.17) is 14.6 Å². The number of hydrogen-bond donors (Lipinski definition) is 2. The van der Waals surface area contributed by atoms with Crippen molar-refractivity contribution >= 4 is 17.6 Å². The van der Waals surface area contributed by atoms with Gasteiger partial charge in [-0.1, -0.05) is 24.3 Å². The molecule has 0 aromatic heterocycles. The van der Waals surface area contributed by atoms with Crippen LogP contribution < -0.4 is 14.8 Å². The van der Waals surface area contributed by atoms with Gasteiger partial charge in [-0.2, -0.15) is 0 Å². The first-order chi connectivity index (χ1) is 13.1. The Labute approximate surface area is 156 Å². The fourth-order valence-electron chi connectivity index (χ4n) is 2.31. The average Bonchev–Trinajstić information content (AvgIpc) is 2.68. The molecule has 0 bridgehead atoms. The topological polar surface area (TPSA) is 84.9 Å². The third-order valence-corrected chi connectivity index (χ3v) is 3.55. The predicted octanol–water partition coefficient (Wildman–Crippen LogP) is 4.19. The molecule has 0 atom stereocenters. The van der Waals surface area contributed by atoms with Gasteiger partial charge in [-0.25, -0.2) is 4.79 Å². The average molecular weight is 363 g/mol. The molecule has 0 saturated heterocycles. The number of aliphatic carboxylic acids is 1. The van der Waals surface area contributed by atoms with E-state index >= 15 is 0 Å². The molecule has 0 fully saturated rings. The first-order valence-corrected chi connectivity index (χ1v) is 8.19. The zero-order valence-electron chi connectivity index (χ0n) is 14.3. The molecule has 3 rings (SSSR count). The second-order valence-electron chi connectivity index (χ2n) is 5.60. The molecule has 6 nitrogen and oxygen atoms in total. The van der Waals surface area contributed by atoms with Crippen LogP contribution in [0.2, 0.25) is 0 Å². The molecular weight excluding hydrogens is 346 g/mol. The first kappa shape index (κ1) is 18.0. The van der Waals surface area contributed by atoms with Crippen LogP contribution >= 0.6 is 0 Å². The summed E-state index contributed by atoms with van der Waals surface area (Å²) in [5.41, 5.74) is 0.972. The van der Waals surface area contributed by atoms with E-state index in [2.05, 4.69) is 5.32 Å². The summed E-state index contributed by atoms with van der Waals surface area (Å²) in [5.74, 6) is 0.343. The summed E-state index contributed by atoms with van der Waals surface area (Å²) in [5, 5.41) is 11.4. The minimum atomic E-state index is -1.07. The van der Waals surface area contributed by atoms with Crippen molar-refractivity contribution in [3.63, 3.8) is 0 Å². The van der Waals surface area contributed by atoms with Gasteiger partial charge in [0.05, 0.1) is 0 Å². The molecular formula is C21H17NO5. The van der Waals surface area contributed by atoms with Crippen molar-refractivity contribution < 1.29 is 24.2 Å². The summed E-state index contributed by atoms with van der Waals surface area (Å²) in [7, 11) is 0. The molecule has 3 aromatic rings. The molecule has 27 heavy (non-hydrogen) atoms. The third kappa shape index (κ3) is 5.34. The number of para-hydroxylation sites is 1. The number of rotatable bonds is 7. The molecule has 0 radical (unpaired) electrons.